The quantitative estimate of drug-likeness (QED) is 0.513. The van der Waals surface area contributed by atoms with E-state index < -0.39 is 35.2 Å². The Labute approximate surface area is 201 Å². The number of ether oxygens (including phenoxy) is 1. The van der Waals surface area contributed by atoms with Gasteiger partial charge in [-0.25, -0.2) is 0 Å². The first-order valence-electron chi connectivity index (χ1n) is 11.3. The van der Waals surface area contributed by atoms with Crippen molar-refractivity contribution in [3.05, 3.63) is 58.4 Å². The lowest BCUT2D eigenvalue weighted by atomic mass is 9.58. The number of amides is 1. The van der Waals surface area contributed by atoms with Crippen molar-refractivity contribution in [3.63, 3.8) is 0 Å². The highest BCUT2D eigenvalue weighted by Gasteiger charge is 2.59. The van der Waals surface area contributed by atoms with Gasteiger partial charge < -0.3 is 30.3 Å². The molecule has 0 bridgehead atoms. The number of hydrogen-bond donors (Lipinski definition) is 4. The summed E-state index contributed by atoms with van der Waals surface area (Å²) in [7, 11) is 4.91. The van der Waals surface area contributed by atoms with E-state index in [1.165, 1.54) is 25.6 Å². The number of methoxy groups -OCH3 is 1. The van der Waals surface area contributed by atoms with E-state index in [1.54, 1.807) is 25.1 Å². The van der Waals surface area contributed by atoms with E-state index in [1.807, 2.05) is 0 Å². The number of benzene rings is 1. The van der Waals surface area contributed by atoms with Gasteiger partial charge in [0.1, 0.15) is 29.1 Å². The molecule has 1 aromatic heterocycles. The molecule has 0 unspecified atom stereocenters. The lowest BCUT2D eigenvalue weighted by Crippen LogP contribution is -2.60. The van der Waals surface area contributed by atoms with Crippen LogP contribution in [0.25, 0.3) is 11.1 Å². The number of nitrogens with zero attached hydrogens (tertiary/aromatic N) is 2. The summed E-state index contributed by atoms with van der Waals surface area (Å²) in [5.74, 6) is -2.84. The number of aromatic nitrogens is 1. The first-order valence-corrected chi connectivity index (χ1v) is 11.3. The third kappa shape index (κ3) is 3.13. The number of Topliss-reactive ketones (excluding diaryl/α,β-unsaturated/α-hetero) is 1. The highest BCUT2D eigenvalue weighted by Crippen LogP contribution is 2.55. The standard InChI is InChI=1S/C25H27N3O7/c1-28(2)20-16-7-11-6-14-13(12-9-27-35-10-12)4-5-17(29)19(14)22(31)18(11)23(32)25(16,34-3)8-15(21(20)30)24(26)33/h4-5,9-11,16,20,29-30,32H,6-8H2,1-3H3,(H2,26,33)/t11-,16-,20-,25-/m0/s1. The molecule has 184 valence electrons. The predicted molar refractivity (Wildman–Crippen MR) is 124 cm³/mol. The van der Waals surface area contributed by atoms with Gasteiger partial charge in [-0.1, -0.05) is 11.2 Å². The Balaban J connectivity index is 1.72. The monoisotopic (exact) mass is 481 g/mol. The molecule has 4 atom stereocenters. The predicted octanol–water partition coefficient (Wildman–Crippen LogP) is 2.25. The third-order valence-electron chi connectivity index (χ3n) is 7.79. The number of primary amides is 1. The van der Waals surface area contributed by atoms with Crippen LogP contribution < -0.4 is 5.73 Å². The minimum atomic E-state index is -1.44. The van der Waals surface area contributed by atoms with Gasteiger partial charge in [-0.2, -0.15) is 0 Å². The highest BCUT2D eigenvalue weighted by atomic mass is 16.5. The number of aliphatic hydroxyl groups is 2. The number of rotatable bonds is 4. The van der Waals surface area contributed by atoms with Crippen molar-refractivity contribution in [1.29, 1.82) is 0 Å². The van der Waals surface area contributed by atoms with Crippen molar-refractivity contribution < 1.29 is 34.2 Å². The largest absolute Gasteiger partial charge is 0.510 e. The second-order valence-corrected chi connectivity index (χ2v) is 9.64. The van der Waals surface area contributed by atoms with Gasteiger partial charge in [0.2, 0.25) is 5.91 Å². The number of nitrogens with two attached hydrogens (primary N) is 1. The zero-order valence-electron chi connectivity index (χ0n) is 19.6. The van der Waals surface area contributed by atoms with Crippen LogP contribution in [-0.4, -0.2) is 69.9 Å². The van der Waals surface area contributed by atoms with Crippen molar-refractivity contribution in [2.45, 2.75) is 30.9 Å². The first kappa shape index (κ1) is 23.1. The summed E-state index contributed by atoms with van der Waals surface area (Å²) in [6, 6.07) is 2.47. The molecule has 0 fully saturated rings. The molecule has 5 N–H and O–H groups in total. The van der Waals surface area contributed by atoms with E-state index in [0.29, 0.717) is 29.5 Å². The number of aliphatic hydroxyl groups excluding tert-OH is 2. The third-order valence-corrected chi connectivity index (χ3v) is 7.79. The molecule has 1 amide bonds. The average molecular weight is 482 g/mol. The molecule has 1 aromatic carbocycles. The Kier molecular flexibility index (Phi) is 5.26. The maximum atomic E-state index is 13.8. The van der Waals surface area contributed by atoms with Gasteiger partial charge in [-0.05, 0) is 50.0 Å². The fourth-order valence-electron chi connectivity index (χ4n) is 6.24. The molecular weight excluding hydrogens is 454 g/mol. The normalized spacial score (nSPS) is 28.1. The maximum Gasteiger partial charge on any atom is 0.248 e. The van der Waals surface area contributed by atoms with E-state index in [0.717, 1.165) is 0 Å². The number of carbonyl (C=O) groups is 2. The van der Waals surface area contributed by atoms with Crippen LogP contribution >= 0.6 is 0 Å². The van der Waals surface area contributed by atoms with Gasteiger partial charge in [0.15, 0.2) is 5.78 Å². The van der Waals surface area contributed by atoms with Gasteiger partial charge in [0, 0.05) is 30.6 Å². The minimum absolute atomic E-state index is 0.0475. The smallest absolute Gasteiger partial charge is 0.248 e. The first-order chi connectivity index (χ1) is 16.6. The zero-order valence-corrected chi connectivity index (χ0v) is 19.6. The molecule has 3 aliphatic carbocycles. The second-order valence-electron chi connectivity index (χ2n) is 9.64. The van der Waals surface area contributed by atoms with Crippen molar-refractivity contribution in [2.75, 3.05) is 21.2 Å². The Morgan fingerprint density at radius 1 is 1.29 bits per heavy atom. The highest BCUT2D eigenvalue weighted by molar-refractivity contribution is 6.14. The summed E-state index contributed by atoms with van der Waals surface area (Å²) in [5, 5.41) is 37.0. The number of allylic oxidation sites excluding steroid dienone is 1. The van der Waals surface area contributed by atoms with E-state index in [9.17, 15) is 24.9 Å². The molecule has 0 saturated carbocycles. The Morgan fingerprint density at radius 3 is 2.63 bits per heavy atom. The van der Waals surface area contributed by atoms with Crippen LogP contribution in [0.4, 0.5) is 0 Å². The molecule has 5 rings (SSSR count). The van der Waals surface area contributed by atoms with Gasteiger partial charge >= 0.3 is 0 Å². The van der Waals surface area contributed by atoms with Crippen LogP contribution in [-0.2, 0) is 16.0 Å². The van der Waals surface area contributed by atoms with Crippen molar-refractivity contribution in [3.8, 4) is 16.9 Å². The molecular formula is C25H27N3O7. The average Bonchev–Trinajstić information content (AvgIpc) is 3.33. The summed E-state index contributed by atoms with van der Waals surface area (Å²) in [6.45, 7) is 0. The maximum absolute atomic E-state index is 13.8. The molecule has 0 spiro atoms. The lowest BCUT2D eigenvalue weighted by Gasteiger charge is -2.53. The number of aromatic hydroxyl groups is 1. The molecule has 35 heavy (non-hydrogen) atoms. The number of likely N-dealkylation sites (N-methyl/N-ethyl adjacent to an activating group) is 1. The summed E-state index contributed by atoms with van der Waals surface area (Å²) in [6.07, 6.45) is 3.58. The van der Waals surface area contributed by atoms with Gasteiger partial charge in [0.05, 0.1) is 23.4 Å². The molecule has 0 aliphatic heterocycles. The summed E-state index contributed by atoms with van der Waals surface area (Å²) >= 11 is 0. The van der Waals surface area contributed by atoms with Crippen molar-refractivity contribution >= 4 is 11.7 Å². The van der Waals surface area contributed by atoms with Gasteiger partial charge in [-0.15, -0.1) is 0 Å². The lowest BCUT2D eigenvalue weighted by molar-refractivity contribution is -0.121. The van der Waals surface area contributed by atoms with E-state index in [4.69, 9.17) is 15.0 Å². The molecule has 3 aliphatic rings. The number of carbonyl (C=O) groups excluding carboxylic acids is 2. The van der Waals surface area contributed by atoms with Crippen LogP contribution in [0.5, 0.6) is 5.75 Å². The van der Waals surface area contributed by atoms with Crippen LogP contribution in [0.15, 0.2) is 51.8 Å². The van der Waals surface area contributed by atoms with Crippen LogP contribution in [0.1, 0.15) is 28.8 Å². The van der Waals surface area contributed by atoms with E-state index >= 15 is 0 Å². The van der Waals surface area contributed by atoms with E-state index in [-0.39, 0.29) is 40.4 Å². The minimum Gasteiger partial charge on any atom is -0.510 e. The van der Waals surface area contributed by atoms with Gasteiger partial charge in [0.25, 0.3) is 0 Å². The fourth-order valence-corrected chi connectivity index (χ4v) is 6.24. The summed E-state index contributed by atoms with van der Waals surface area (Å²) in [4.78, 5) is 27.7. The Morgan fingerprint density at radius 2 is 2.03 bits per heavy atom. The molecule has 2 aromatic rings. The Hall–Kier alpha value is -3.63. The van der Waals surface area contributed by atoms with Crippen molar-refractivity contribution in [1.82, 2.24) is 10.1 Å². The molecule has 1 heterocycles. The summed E-state index contributed by atoms with van der Waals surface area (Å²) < 4.78 is 10.9. The number of hydrogen-bond acceptors (Lipinski definition) is 9. The van der Waals surface area contributed by atoms with E-state index in [2.05, 4.69) is 5.16 Å². The van der Waals surface area contributed by atoms with Gasteiger partial charge in [-0.3, -0.25) is 14.5 Å². The number of phenolic OH excluding ortho intramolecular Hbond substituents is 1. The topological polar surface area (TPSA) is 159 Å². The number of fused-ring (bicyclic) bond motifs is 3. The SMILES string of the molecule is CO[C@@]12CC(C(N)=O)=C(O)[C@@H](N(C)C)[C@@H]1C[C@@H]1Cc3c(-c4cnoc4)ccc(O)c3C(=O)C1=C2O. The van der Waals surface area contributed by atoms with Crippen molar-refractivity contribution in [2.24, 2.45) is 17.6 Å². The number of phenols is 1. The fraction of sp³-hybridized carbons (Fsp3) is 0.400. The second kappa shape index (κ2) is 7.96. The van der Waals surface area contributed by atoms with Crippen LogP contribution in [0, 0.1) is 11.8 Å². The van der Waals surface area contributed by atoms with Crippen LogP contribution in [0.3, 0.4) is 0 Å². The molecule has 10 heteroatoms. The zero-order chi connectivity index (χ0) is 25.2. The number of ketones is 1. The summed E-state index contributed by atoms with van der Waals surface area (Å²) in [5.41, 5.74) is 6.36. The molecule has 10 nitrogen and oxygen atoms in total. The molecule has 0 radical (unpaired) electrons. The van der Waals surface area contributed by atoms with Crippen LogP contribution in [0.2, 0.25) is 0 Å². The molecule has 0 saturated heterocycles. The Bertz CT molecular complexity index is 1290.